The van der Waals surface area contributed by atoms with E-state index in [1.54, 1.807) is 21.3 Å². The van der Waals surface area contributed by atoms with E-state index < -0.39 is 0 Å². The van der Waals surface area contributed by atoms with Gasteiger partial charge < -0.3 is 19.3 Å². The van der Waals surface area contributed by atoms with Gasteiger partial charge in [-0.2, -0.15) is 0 Å². The second kappa shape index (κ2) is 6.84. The Morgan fingerprint density at radius 2 is 1.50 bits per heavy atom. The zero-order valence-electron chi connectivity index (χ0n) is 13.3. The minimum atomic E-state index is -0.346. The van der Waals surface area contributed by atoms with Crippen molar-refractivity contribution in [3.8, 4) is 17.2 Å². The van der Waals surface area contributed by atoms with Gasteiger partial charge in [0, 0.05) is 0 Å². The summed E-state index contributed by atoms with van der Waals surface area (Å²) in [5.74, 6) is 1.88. The molecular formula is C16H26O4. The summed E-state index contributed by atoms with van der Waals surface area (Å²) in [6.07, 6.45) is 1.11. The van der Waals surface area contributed by atoms with Crippen LogP contribution in [0.15, 0.2) is 12.1 Å². The third-order valence-electron chi connectivity index (χ3n) is 3.43. The van der Waals surface area contributed by atoms with E-state index in [0.717, 1.165) is 12.0 Å². The number of rotatable bonds is 6. The zero-order chi connectivity index (χ0) is 15.3. The highest BCUT2D eigenvalue weighted by molar-refractivity contribution is 5.53. The van der Waals surface area contributed by atoms with Crippen LogP contribution in [0.1, 0.15) is 32.8 Å². The Morgan fingerprint density at radius 1 is 1.00 bits per heavy atom. The standard InChI is InChI=1S/C16H26O4/c1-16(2,3)14(17)8-7-11-9-12(18-4)15(20-6)13(10-11)19-5/h9-10,14,17H,7-8H2,1-6H3. The van der Waals surface area contributed by atoms with Gasteiger partial charge in [-0.3, -0.25) is 0 Å². The summed E-state index contributed by atoms with van der Waals surface area (Å²) in [6, 6.07) is 3.85. The summed E-state index contributed by atoms with van der Waals surface area (Å²) in [6.45, 7) is 6.10. The third kappa shape index (κ3) is 4.04. The molecule has 1 rings (SSSR count). The number of hydrogen-bond acceptors (Lipinski definition) is 4. The first kappa shape index (κ1) is 16.6. The number of methoxy groups -OCH3 is 3. The molecule has 1 atom stereocenters. The molecule has 0 aliphatic rings. The molecule has 1 aromatic rings. The second-order valence-electron chi connectivity index (χ2n) is 5.95. The lowest BCUT2D eigenvalue weighted by Crippen LogP contribution is -2.26. The van der Waals surface area contributed by atoms with Gasteiger partial charge in [0.25, 0.3) is 0 Å². The SMILES string of the molecule is COc1cc(CCC(O)C(C)(C)C)cc(OC)c1OC. The normalized spacial score (nSPS) is 12.9. The predicted octanol–water partition coefficient (Wildman–Crippen LogP) is 3.05. The Labute approximate surface area is 121 Å². The lowest BCUT2D eigenvalue weighted by atomic mass is 9.86. The number of aryl methyl sites for hydroxylation is 1. The van der Waals surface area contributed by atoms with Crippen molar-refractivity contribution in [1.29, 1.82) is 0 Å². The van der Waals surface area contributed by atoms with Crippen molar-refractivity contribution in [3.05, 3.63) is 17.7 Å². The van der Waals surface area contributed by atoms with Gasteiger partial charge in [0.2, 0.25) is 5.75 Å². The van der Waals surface area contributed by atoms with Crippen LogP contribution in [0.3, 0.4) is 0 Å². The van der Waals surface area contributed by atoms with Crippen LogP contribution in [0.4, 0.5) is 0 Å². The predicted molar refractivity (Wildman–Crippen MR) is 79.9 cm³/mol. The van der Waals surface area contributed by atoms with E-state index >= 15 is 0 Å². The molecule has 1 N–H and O–H groups in total. The molecule has 0 heterocycles. The van der Waals surface area contributed by atoms with Gasteiger partial charge in [0.1, 0.15) is 0 Å². The summed E-state index contributed by atoms with van der Waals surface area (Å²) in [5.41, 5.74) is 0.948. The topological polar surface area (TPSA) is 47.9 Å². The first-order valence-electron chi connectivity index (χ1n) is 6.80. The first-order chi connectivity index (χ1) is 9.33. The highest BCUT2D eigenvalue weighted by Crippen LogP contribution is 2.38. The maximum absolute atomic E-state index is 10.1. The molecule has 0 aliphatic carbocycles. The van der Waals surface area contributed by atoms with Crippen molar-refractivity contribution in [2.45, 2.75) is 39.7 Å². The van der Waals surface area contributed by atoms with E-state index in [9.17, 15) is 5.11 Å². The van der Waals surface area contributed by atoms with Gasteiger partial charge in [0.05, 0.1) is 27.4 Å². The van der Waals surface area contributed by atoms with Crippen LogP contribution in [0, 0.1) is 5.41 Å². The molecule has 0 aromatic heterocycles. The Kier molecular flexibility index (Phi) is 5.69. The average molecular weight is 282 g/mol. The monoisotopic (exact) mass is 282 g/mol. The molecule has 0 bridgehead atoms. The molecule has 0 amide bonds. The van der Waals surface area contributed by atoms with E-state index in [1.807, 2.05) is 32.9 Å². The smallest absolute Gasteiger partial charge is 0.203 e. The quantitative estimate of drug-likeness (QED) is 0.871. The van der Waals surface area contributed by atoms with Gasteiger partial charge >= 0.3 is 0 Å². The average Bonchev–Trinajstić information content (AvgIpc) is 2.42. The van der Waals surface area contributed by atoms with E-state index in [2.05, 4.69) is 0 Å². The van der Waals surface area contributed by atoms with Crippen molar-refractivity contribution in [3.63, 3.8) is 0 Å². The van der Waals surface area contributed by atoms with Crippen molar-refractivity contribution >= 4 is 0 Å². The summed E-state index contributed by atoms with van der Waals surface area (Å²) < 4.78 is 15.9. The van der Waals surface area contributed by atoms with Gasteiger partial charge in [-0.1, -0.05) is 20.8 Å². The number of benzene rings is 1. The van der Waals surface area contributed by atoms with Gasteiger partial charge in [0.15, 0.2) is 11.5 Å². The molecule has 4 nitrogen and oxygen atoms in total. The molecule has 0 spiro atoms. The van der Waals surface area contributed by atoms with Crippen molar-refractivity contribution < 1.29 is 19.3 Å². The summed E-state index contributed by atoms with van der Waals surface area (Å²) >= 11 is 0. The highest BCUT2D eigenvalue weighted by Gasteiger charge is 2.22. The molecule has 0 saturated carbocycles. The number of aliphatic hydroxyl groups is 1. The molecule has 1 unspecified atom stereocenters. The molecule has 0 aliphatic heterocycles. The zero-order valence-corrected chi connectivity index (χ0v) is 13.3. The fraction of sp³-hybridized carbons (Fsp3) is 0.625. The van der Waals surface area contributed by atoms with E-state index in [-0.39, 0.29) is 11.5 Å². The highest BCUT2D eigenvalue weighted by atomic mass is 16.5. The van der Waals surface area contributed by atoms with Crippen LogP contribution in [-0.4, -0.2) is 32.5 Å². The van der Waals surface area contributed by atoms with Crippen molar-refractivity contribution in [2.75, 3.05) is 21.3 Å². The molecule has 1 aromatic carbocycles. The number of hydrogen-bond donors (Lipinski definition) is 1. The van der Waals surface area contributed by atoms with Crippen LogP contribution in [0.2, 0.25) is 0 Å². The largest absolute Gasteiger partial charge is 0.493 e. The van der Waals surface area contributed by atoms with Gasteiger partial charge in [-0.05, 0) is 36.0 Å². The van der Waals surface area contributed by atoms with Crippen LogP contribution in [-0.2, 0) is 6.42 Å². The number of ether oxygens (including phenoxy) is 3. The van der Waals surface area contributed by atoms with Gasteiger partial charge in [-0.25, -0.2) is 0 Å². The van der Waals surface area contributed by atoms with Crippen molar-refractivity contribution in [1.82, 2.24) is 0 Å². The lowest BCUT2D eigenvalue weighted by molar-refractivity contribution is 0.0560. The fourth-order valence-electron chi connectivity index (χ4n) is 2.02. The van der Waals surface area contributed by atoms with Gasteiger partial charge in [-0.15, -0.1) is 0 Å². The molecule has 0 saturated heterocycles. The maximum Gasteiger partial charge on any atom is 0.203 e. The van der Waals surface area contributed by atoms with Crippen molar-refractivity contribution in [2.24, 2.45) is 5.41 Å². The van der Waals surface area contributed by atoms with E-state index in [4.69, 9.17) is 14.2 Å². The summed E-state index contributed by atoms with van der Waals surface area (Å²) in [7, 11) is 4.79. The molecule has 0 radical (unpaired) electrons. The van der Waals surface area contributed by atoms with E-state index in [0.29, 0.717) is 23.7 Å². The lowest BCUT2D eigenvalue weighted by Gasteiger charge is -2.26. The molecule has 4 heteroatoms. The molecule has 114 valence electrons. The fourth-order valence-corrected chi connectivity index (χ4v) is 2.02. The van der Waals surface area contributed by atoms with E-state index in [1.165, 1.54) is 0 Å². The maximum atomic E-state index is 10.1. The third-order valence-corrected chi connectivity index (χ3v) is 3.43. The summed E-state index contributed by atoms with van der Waals surface area (Å²) in [4.78, 5) is 0. The Hall–Kier alpha value is -1.42. The number of aliphatic hydroxyl groups excluding tert-OH is 1. The minimum absolute atomic E-state index is 0.110. The van der Waals surface area contributed by atoms with Crippen LogP contribution < -0.4 is 14.2 Å². The molecule has 20 heavy (non-hydrogen) atoms. The summed E-state index contributed by atoms with van der Waals surface area (Å²) in [5, 5.41) is 10.1. The molecular weight excluding hydrogens is 256 g/mol. The molecule has 0 fully saturated rings. The second-order valence-corrected chi connectivity index (χ2v) is 5.95. The Balaban J connectivity index is 2.91. The minimum Gasteiger partial charge on any atom is -0.493 e. The Morgan fingerprint density at radius 3 is 1.85 bits per heavy atom. The first-order valence-corrected chi connectivity index (χ1v) is 6.80. The van der Waals surface area contributed by atoms with Crippen LogP contribution in [0.25, 0.3) is 0 Å². The van der Waals surface area contributed by atoms with Crippen LogP contribution in [0.5, 0.6) is 17.2 Å². The Bertz CT molecular complexity index is 410. The van der Waals surface area contributed by atoms with Crippen LogP contribution >= 0.6 is 0 Å².